The van der Waals surface area contributed by atoms with Crippen molar-refractivity contribution in [3.8, 4) is 0 Å². The van der Waals surface area contributed by atoms with Crippen LogP contribution < -0.4 is 0 Å². The average Bonchev–Trinajstić information content (AvgIpc) is 3.11. The Morgan fingerprint density at radius 2 is 0.960 bits per heavy atom. The first-order valence-corrected chi connectivity index (χ1v) is 24.3. The molecule has 8 aliphatic carbocycles. The van der Waals surface area contributed by atoms with Crippen molar-refractivity contribution in [2.24, 2.45) is 130 Å². The molecule has 0 aromatic carbocycles. The van der Waals surface area contributed by atoms with E-state index in [1.54, 1.807) is 109 Å². The molecular weight excluding hydrogens is 599 g/mol. The number of hydrogen-bond acceptors (Lipinski definition) is 0. The van der Waals surface area contributed by atoms with E-state index in [1.807, 2.05) is 0 Å². The van der Waals surface area contributed by atoms with Crippen molar-refractivity contribution in [2.45, 2.75) is 175 Å². The molecule has 0 nitrogen and oxygen atoms in total. The highest BCUT2D eigenvalue weighted by Gasteiger charge is 2.72. The molecule has 0 aromatic heterocycles. The molecule has 3 heterocycles. The lowest BCUT2D eigenvalue weighted by Crippen LogP contribution is -2.69. The van der Waals surface area contributed by atoms with E-state index in [0.717, 1.165) is 154 Å². The summed E-state index contributed by atoms with van der Waals surface area (Å²) in [6.45, 7) is 18.5. The molecule has 8 saturated carbocycles. The molecule has 11 aliphatic rings. The summed E-state index contributed by atoms with van der Waals surface area (Å²) in [4.78, 5) is 0. The second-order valence-electron chi connectivity index (χ2n) is 23.6. The summed E-state index contributed by atoms with van der Waals surface area (Å²) in [6.07, 6.45) is 28.9. The molecule has 50 heavy (non-hydrogen) atoms. The second kappa shape index (κ2) is 12.3. The smallest absolute Gasteiger partial charge is 0.0625 e. The standard InChI is InChI=1S/C49H79B/c1-25-13-16-32-23-33-9-7-11-36-26(2)15-21-38-29(5)43-47-42(30(6)41(27(32)3)44(33)36)28(4)37(20-14-25)40-22-18-31-17-19-35-24-34-10-8-12-39(38)45(34)49(43)50(35)48(31)46(40)47/h25-49H,7-24H2,1-6H3. The Labute approximate surface area is 310 Å². The predicted octanol–water partition coefficient (Wildman–Crippen LogP) is 13.4. The zero-order chi connectivity index (χ0) is 33.7. The van der Waals surface area contributed by atoms with E-state index in [4.69, 9.17) is 0 Å². The first-order valence-electron chi connectivity index (χ1n) is 24.3. The van der Waals surface area contributed by atoms with Gasteiger partial charge in [0.1, 0.15) is 0 Å². The topological polar surface area (TPSA) is 0 Å². The van der Waals surface area contributed by atoms with Crippen LogP contribution in [0, 0.1) is 130 Å². The highest BCUT2D eigenvalue weighted by molar-refractivity contribution is 6.65. The Morgan fingerprint density at radius 1 is 0.340 bits per heavy atom. The quantitative estimate of drug-likeness (QED) is 0.224. The summed E-state index contributed by atoms with van der Waals surface area (Å²) in [7, 11) is 0. The van der Waals surface area contributed by atoms with E-state index in [1.165, 1.54) is 6.42 Å². The van der Waals surface area contributed by atoms with Crippen LogP contribution in [-0.4, -0.2) is 6.71 Å². The second-order valence-corrected chi connectivity index (χ2v) is 23.6. The highest BCUT2D eigenvalue weighted by atomic mass is 14.7. The van der Waals surface area contributed by atoms with Crippen LogP contribution in [0.15, 0.2) is 0 Å². The largest absolute Gasteiger partial charge is 0.150 e. The molecule has 0 amide bonds. The van der Waals surface area contributed by atoms with Crippen molar-refractivity contribution >= 4 is 6.71 Å². The highest BCUT2D eigenvalue weighted by Crippen LogP contribution is 2.78. The van der Waals surface area contributed by atoms with Gasteiger partial charge in [-0.2, -0.15) is 0 Å². The maximum Gasteiger partial charge on any atom is 0.150 e. The van der Waals surface area contributed by atoms with E-state index in [-0.39, 0.29) is 0 Å². The summed E-state index contributed by atoms with van der Waals surface area (Å²) in [5.74, 6) is 26.3. The maximum absolute atomic E-state index is 3.00. The third-order valence-electron chi connectivity index (χ3n) is 22.8. The predicted molar refractivity (Wildman–Crippen MR) is 211 cm³/mol. The summed E-state index contributed by atoms with van der Waals surface area (Å²) < 4.78 is 0. The van der Waals surface area contributed by atoms with Gasteiger partial charge < -0.3 is 0 Å². The molecule has 1 heteroatoms. The number of fused-ring (bicyclic) bond motifs is 5. The maximum atomic E-state index is 3.00. The lowest BCUT2D eigenvalue weighted by Gasteiger charge is -2.74. The first-order chi connectivity index (χ1) is 24.3. The minimum Gasteiger partial charge on any atom is -0.0625 e. The first kappa shape index (κ1) is 33.4. The lowest BCUT2D eigenvalue weighted by atomic mass is 9.10. The Balaban J connectivity index is 1.13. The summed E-state index contributed by atoms with van der Waals surface area (Å²) in [5, 5.41) is 0. The van der Waals surface area contributed by atoms with Gasteiger partial charge in [-0.1, -0.05) is 130 Å². The third kappa shape index (κ3) is 4.54. The molecule has 0 aromatic rings. The van der Waals surface area contributed by atoms with Gasteiger partial charge in [0.2, 0.25) is 0 Å². The van der Waals surface area contributed by atoms with Crippen LogP contribution in [0.2, 0.25) is 17.5 Å². The van der Waals surface area contributed by atoms with Gasteiger partial charge in [0.25, 0.3) is 0 Å². The van der Waals surface area contributed by atoms with Gasteiger partial charge in [-0.15, -0.1) is 0 Å². The molecular formula is C49H79B. The van der Waals surface area contributed by atoms with Gasteiger partial charge in [0.05, 0.1) is 0 Å². The normalized spacial score (nSPS) is 63.7. The molecule has 3 aliphatic heterocycles. The van der Waals surface area contributed by atoms with Crippen LogP contribution in [0.4, 0.5) is 0 Å². The molecule has 6 bridgehead atoms. The zero-order valence-electron chi connectivity index (χ0n) is 33.7. The molecule has 0 N–H and O–H groups in total. The van der Waals surface area contributed by atoms with Gasteiger partial charge in [-0.3, -0.25) is 0 Å². The molecule has 25 unspecified atom stereocenters. The molecule has 0 radical (unpaired) electrons. The van der Waals surface area contributed by atoms with Crippen LogP contribution in [0.25, 0.3) is 0 Å². The van der Waals surface area contributed by atoms with Gasteiger partial charge in [-0.05, 0) is 175 Å². The van der Waals surface area contributed by atoms with Crippen LogP contribution in [-0.2, 0) is 0 Å². The van der Waals surface area contributed by atoms with Gasteiger partial charge in [-0.25, -0.2) is 0 Å². The summed E-state index contributed by atoms with van der Waals surface area (Å²) >= 11 is 0. The van der Waals surface area contributed by atoms with Gasteiger partial charge in [0, 0.05) is 0 Å². The molecule has 3 saturated heterocycles. The number of hydrogen-bond donors (Lipinski definition) is 0. The van der Waals surface area contributed by atoms with E-state index in [0.29, 0.717) is 0 Å². The summed E-state index contributed by atoms with van der Waals surface area (Å²) in [6, 6.07) is 0. The lowest BCUT2D eigenvalue weighted by molar-refractivity contribution is -0.175. The van der Waals surface area contributed by atoms with E-state index in [2.05, 4.69) is 41.5 Å². The van der Waals surface area contributed by atoms with Gasteiger partial charge >= 0.3 is 0 Å². The third-order valence-corrected chi connectivity index (χ3v) is 22.8. The van der Waals surface area contributed by atoms with Crippen molar-refractivity contribution in [3.63, 3.8) is 0 Å². The number of rotatable bonds is 0. The van der Waals surface area contributed by atoms with Crippen molar-refractivity contribution < 1.29 is 0 Å². The molecule has 278 valence electrons. The van der Waals surface area contributed by atoms with Gasteiger partial charge in [0.15, 0.2) is 6.71 Å². The van der Waals surface area contributed by atoms with Crippen LogP contribution in [0.1, 0.15) is 157 Å². The minimum atomic E-state index is 0.951. The van der Waals surface area contributed by atoms with E-state index >= 15 is 0 Å². The Morgan fingerprint density at radius 3 is 1.78 bits per heavy atom. The van der Waals surface area contributed by atoms with Crippen molar-refractivity contribution in [1.82, 2.24) is 0 Å². The minimum absolute atomic E-state index is 0.951. The Bertz CT molecular complexity index is 1270. The molecule has 25 atom stereocenters. The van der Waals surface area contributed by atoms with Crippen molar-refractivity contribution in [2.75, 3.05) is 0 Å². The fourth-order valence-corrected chi connectivity index (χ4v) is 21.6. The van der Waals surface area contributed by atoms with Crippen LogP contribution in [0.5, 0.6) is 0 Å². The summed E-state index contributed by atoms with van der Waals surface area (Å²) in [5.41, 5.74) is 0. The average molecular weight is 679 g/mol. The fraction of sp³-hybridized carbons (Fsp3) is 1.00. The zero-order valence-corrected chi connectivity index (χ0v) is 33.7. The van der Waals surface area contributed by atoms with E-state index in [9.17, 15) is 0 Å². The monoisotopic (exact) mass is 679 g/mol. The van der Waals surface area contributed by atoms with Crippen molar-refractivity contribution in [3.05, 3.63) is 0 Å². The molecule has 0 spiro atoms. The Hall–Kier alpha value is 0.0649. The SMILES string of the molecule is CC1CCC2CC3CCCC4C(C)CCC5C(C)C6C7B8C(CCC9CCC%10C(CC1)C(C)C(C(C)C(C2C)C34)C6C%10C89)CC1CCCC5C17. The van der Waals surface area contributed by atoms with Crippen LogP contribution >= 0.6 is 0 Å². The fourth-order valence-electron chi connectivity index (χ4n) is 21.6. The van der Waals surface area contributed by atoms with Crippen LogP contribution in [0.3, 0.4) is 0 Å². The molecule has 11 fully saturated rings. The van der Waals surface area contributed by atoms with E-state index < -0.39 is 0 Å². The molecule has 11 rings (SSSR count). The Kier molecular flexibility index (Phi) is 8.21. The van der Waals surface area contributed by atoms with Crippen molar-refractivity contribution in [1.29, 1.82) is 0 Å².